The summed E-state index contributed by atoms with van der Waals surface area (Å²) in [6.45, 7) is 7.77. The van der Waals surface area contributed by atoms with Gasteiger partial charge in [-0.25, -0.2) is 0 Å². The van der Waals surface area contributed by atoms with Gasteiger partial charge >= 0.3 is 0 Å². The van der Waals surface area contributed by atoms with Gasteiger partial charge in [0, 0.05) is 11.3 Å². The van der Waals surface area contributed by atoms with Crippen molar-refractivity contribution in [3.8, 4) is 0 Å². The Kier molecular flexibility index (Phi) is 14.8. The van der Waals surface area contributed by atoms with Crippen molar-refractivity contribution in [2.45, 2.75) is 202 Å². The van der Waals surface area contributed by atoms with E-state index >= 15 is 0 Å². The van der Waals surface area contributed by atoms with Crippen molar-refractivity contribution in [1.82, 2.24) is 0 Å². The Labute approximate surface area is 369 Å². The van der Waals surface area contributed by atoms with Crippen LogP contribution in [0.25, 0.3) is 0 Å². The van der Waals surface area contributed by atoms with Crippen LogP contribution in [-0.2, 0) is 33.2 Å². The van der Waals surface area contributed by atoms with Gasteiger partial charge in [-0.1, -0.05) is 31.9 Å². The normalized spacial score (nSPS) is 52.8. The third-order valence-corrected chi connectivity index (χ3v) is 17.2. The quantitative estimate of drug-likeness (QED) is 0.0778. The molecule has 4 heterocycles. The molecule has 0 bridgehead atoms. The Morgan fingerprint density at radius 3 is 1.89 bits per heavy atom. The Morgan fingerprint density at radius 1 is 0.651 bits per heavy atom. The van der Waals surface area contributed by atoms with Crippen molar-refractivity contribution >= 4 is 0 Å². The maximum absolute atomic E-state index is 11.2. The zero-order valence-electron chi connectivity index (χ0n) is 37.0. The number of aliphatic hydroxyl groups excluding tert-OH is 11. The average Bonchev–Trinajstić information content (AvgIpc) is 3.76. The molecule has 63 heavy (non-hydrogen) atoms. The van der Waals surface area contributed by atoms with E-state index in [1.807, 2.05) is 0 Å². The van der Waals surface area contributed by atoms with Gasteiger partial charge in [-0.15, -0.1) is 0 Å². The van der Waals surface area contributed by atoms with E-state index < -0.39 is 112 Å². The molecular weight excluding hydrogens is 828 g/mol. The van der Waals surface area contributed by atoms with E-state index in [2.05, 4.69) is 27.7 Å². The molecule has 25 atom stereocenters. The maximum atomic E-state index is 11.2. The highest BCUT2D eigenvalue weighted by Crippen LogP contribution is 2.67. The van der Waals surface area contributed by atoms with E-state index in [9.17, 15) is 56.2 Å². The third-order valence-electron chi connectivity index (χ3n) is 17.2. The third kappa shape index (κ3) is 8.73. The molecule has 7 fully saturated rings. The highest BCUT2D eigenvalue weighted by atomic mass is 16.8. The molecule has 8 rings (SSSR count). The Balaban J connectivity index is 0.872. The fourth-order valence-corrected chi connectivity index (χ4v) is 13.5. The van der Waals surface area contributed by atoms with Crippen molar-refractivity contribution in [3.05, 3.63) is 11.1 Å². The topological polar surface area (TPSA) is 287 Å². The largest absolute Gasteiger partial charge is 0.394 e. The molecule has 18 heteroatoms. The predicted molar refractivity (Wildman–Crippen MR) is 218 cm³/mol. The zero-order chi connectivity index (χ0) is 45.3. The summed E-state index contributed by atoms with van der Waals surface area (Å²) in [5.74, 6) is 1.75. The summed E-state index contributed by atoms with van der Waals surface area (Å²) in [5.41, 5.74) is 2.97. The molecule has 0 radical (unpaired) electrons. The molecule has 18 nitrogen and oxygen atoms in total. The molecule has 0 spiro atoms. The molecule has 0 aromatic heterocycles. The lowest BCUT2D eigenvalue weighted by Gasteiger charge is -2.60. The van der Waals surface area contributed by atoms with E-state index in [0.717, 1.165) is 57.8 Å². The van der Waals surface area contributed by atoms with Crippen molar-refractivity contribution in [3.63, 3.8) is 0 Å². The molecule has 4 aliphatic heterocycles. The van der Waals surface area contributed by atoms with Crippen LogP contribution >= 0.6 is 0 Å². The molecule has 3 saturated carbocycles. The predicted octanol–water partition coefficient (Wildman–Crippen LogP) is -1.03. The number of rotatable bonds is 13. The molecule has 0 aromatic rings. The first-order valence-electron chi connectivity index (χ1n) is 23.5. The lowest BCUT2D eigenvalue weighted by molar-refractivity contribution is -0.373. The summed E-state index contributed by atoms with van der Waals surface area (Å²) in [6.07, 6.45) is -12.1. The van der Waals surface area contributed by atoms with Crippen LogP contribution in [-0.4, -0.2) is 193 Å². The van der Waals surface area contributed by atoms with Crippen LogP contribution in [0, 0.1) is 40.4 Å². The Hall–Kier alpha value is -0.980. The molecule has 4 saturated heterocycles. The minimum atomic E-state index is -1.74. The summed E-state index contributed by atoms with van der Waals surface area (Å²) in [4.78, 5) is 0. The second-order valence-electron chi connectivity index (χ2n) is 20.9. The van der Waals surface area contributed by atoms with Crippen LogP contribution in [0.3, 0.4) is 0 Å². The zero-order valence-corrected chi connectivity index (χ0v) is 37.0. The van der Waals surface area contributed by atoms with Crippen molar-refractivity contribution in [2.24, 2.45) is 40.4 Å². The van der Waals surface area contributed by atoms with Gasteiger partial charge < -0.3 is 89.3 Å². The van der Waals surface area contributed by atoms with E-state index in [0.29, 0.717) is 36.7 Å². The Bertz CT molecular complexity index is 1580. The average molecular weight is 903 g/mol. The number of fused-ring (bicyclic) bond motifs is 7. The van der Waals surface area contributed by atoms with Gasteiger partial charge in [-0.05, 0) is 100 Å². The van der Waals surface area contributed by atoms with Gasteiger partial charge in [-0.3, -0.25) is 0 Å². The van der Waals surface area contributed by atoms with Gasteiger partial charge in [0.2, 0.25) is 0 Å². The van der Waals surface area contributed by atoms with Crippen LogP contribution in [0.2, 0.25) is 0 Å². The van der Waals surface area contributed by atoms with Crippen molar-refractivity contribution < 1.29 is 89.3 Å². The van der Waals surface area contributed by atoms with E-state index in [1.54, 1.807) is 0 Å². The first-order chi connectivity index (χ1) is 29.9. The SMILES string of the molecule is CC1=C(CCC(C)CO[C@@H]2O[C@H](CO)[C@@H](O)[C@H](O)[C@H]2O)CC2OC3C4CCC5CC(O[C@@H]6O[C@H](CO)[C@@H](O)[C@H](O)[C@H]6O[C@@H]6O[C@H](CO)[C@@H](O)[C@H](O)[C@H]6O)CCC5(C)C4CCC3(C)C12. The number of aliphatic hydroxyl groups is 11. The maximum Gasteiger partial charge on any atom is 0.187 e. The summed E-state index contributed by atoms with van der Waals surface area (Å²) in [7, 11) is 0. The molecule has 8 aliphatic rings. The molecule has 10 unspecified atom stereocenters. The number of hydrogen-bond donors (Lipinski definition) is 11. The molecule has 11 N–H and O–H groups in total. The molecule has 362 valence electrons. The Morgan fingerprint density at radius 2 is 1.24 bits per heavy atom. The summed E-state index contributed by atoms with van der Waals surface area (Å²) < 4.78 is 42.5. The highest BCUT2D eigenvalue weighted by molar-refractivity contribution is 5.31. The summed E-state index contributed by atoms with van der Waals surface area (Å²) >= 11 is 0. The smallest absolute Gasteiger partial charge is 0.187 e. The highest BCUT2D eigenvalue weighted by Gasteiger charge is 2.65. The van der Waals surface area contributed by atoms with Crippen molar-refractivity contribution in [2.75, 3.05) is 26.4 Å². The van der Waals surface area contributed by atoms with Crippen LogP contribution in [0.15, 0.2) is 11.1 Å². The monoisotopic (exact) mass is 902 g/mol. The minimum absolute atomic E-state index is 0.0297. The standard InChI is InChI=1S/C45H74O18/c1-19(18-57-41-37(55)34(52)31(49)27(15-46)60-41)5-6-21-13-26-30(20(21)2)45(4)12-10-25-24(40(45)59-26)8-7-22-14-23(9-11-44(22,25)3)58-43-39(36(54)33(51)29(17-48)62-43)63-42-38(56)35(53)32(50)28(16-47)61-42/h19,22-43,46-56H,5-18H2,1-4H3/t19?,22?,23?,24?,25?,26?,27-,28-,29-,30?,31-,32-,33-,34+,35+,36+,37-,38-,39-,40?,41-,42+,43-,44?,45?/m1/s1. The van der Waals surface area contributed by atoms with E-state index in [-0.39, 0.29) is 35.1 Å². The fraction of sp³-hybridized carbons (Fsp3) is 0.956. The molecule has 0 amide bonds. The first-order valence-corrected chi connectivity index (χ1v) is 23.5. The second-order valence-corrected chi connectivity index (χ2v) is 20.9. The second kappa shape index (κ2) is 19.2. The van der Waals surface area contributed by atoms with Crippen LogP contribution in [0.4, 0.5) is 0 Å². The lowest BCUT2D eigenvalue weighted by atomic mass is 9.45. The van der Waals surface area contributed by atoms with Crippen molar-refractivity contribution in [1.29, 1.82) is 0 Å². The summed E-state index contributed by atoms with van der Waals surface area (Å²) in [6, 6.07) is 0. The van der Waals surface area contributed by atoms with Gasteiger partial charge in [0.25, 0.3) is 0 Å². The van der Waals surface area contributed by atoms with E-state index in [4.69, 9.17) is 33.2 Å². The van der Waals surface area contributed by atoms with Gasteiger partial charge in [0.05, 0.1) is 44.7 Å². The van der Waals surface area contributed by atoms with Crippen LogP contribution in [0.1, 0.15) is 91.9 Å². The van der Waals surface area contributed by atoms with Gasteiger partial charge in [-0.2, -0.15) is 0 Å². The fourth-order valence-electron chi connectivity index (χ4n) is 13.5. The molecule has 0 aromatic carbocycles. The molecule has 4 aliphatic carbocycles. The number of hydrogen-bond acceptors (Lipinski definition) is 18. The van der Waals surface area contributed by atoms with Gasteiger partial charge in [0.1, 0.15) is 73.2 Å². The first kappa shape index (κ1) is 48.5. The van der Waals surface area contributed by atoms with Gasteiger partial charge in [0.15, 0.2) is 18.9 Å². The summed E-state index contributed by atoms with van der Waals surface area (Å²) in [5, 5.41) is 113. The van der Waals surface area contributed by atoms with Crippen LogP contribution < -0.4 is 0 Å². The minimum Gasteiger partial charge on any atom is -0.394 e. The number of ether oxygens (including phenoxy) is 7. The van der Waals surface area contributed by atoms with E-state index in [1.165, 1.54) is 11.1 Å². The van der Waals surface area contributed by atoms with Crippen LogP contribution in [0.5, 0.6) is 0 Å². The lowest BCUT2D eigenvalue weighted by Crippen LogP contribution is -2.65. The molecular formula is C45H74O18.